The molecule has 0 amide bonds. The van der Waals surface area contributed by atoms with E-state index >= 15 is 0 Å². The highest BCUT2D eigenvalue weighted by atomic mass is 15.3. The van der Waals surface area contributed by atoms with Crippen LogP contribution >= 0.6 is 0 Å². The lowest BCUT2D eigenvalue weighted by molar-refractivity contribution is 0.458. The predicted octanol–water partition coefficient (Wildman–Crippen LogP) is 2.13. The molecule has 108 valence electrons. The Morgan fingerprint density at radius 1 is 1.15 bits per heavy atom. The third kappa shape index (κ3) is 4.18. The minimum Gasteiger partial charge on any atom is -0.273 e. The molecule has 1 aromatic heterocycles. The van der Waals surface area contributed by atoms with Crippen molar-refractivity contribution in [3.63, 3.8) is 0 Å². The van der Waals surface area contributed by atoms with E-state index in [0.717, 1.165) is 25.7 Å². The number of hydrazine groups is 1. The van der Waals surface area contributed by atoms with E-state index in [1.807, 2.05) is 17.9 Å². The maximum Gasteiger partial charge on any atom is 0.0492 e. The van der Waals surface area contributed by atoms with Crippen LogP contribution in [0.15, 0.2) is 36.5 Å². The number of nitrogens with two attached hydrogens (primary N) is 1. The van der Waals surface area contributed by atoms with Crippen molar-refractivity contribution in [2.75, 3.05) is 0 Å². The van der Waals surface area contributed by atoms with Gasteiger partial charge >= 0.3 is 0 Å². The largest absolute Gasteiger partial charge is 0.273 e. The molecule has 1 unspecified atom stereocenters. The SMILES string of the molecule is Cc1ccc(CCC(CCc2ccnn2C)NN)cc1. The third-order valence-corrected chi connectivity index (χ3v) is 3.81. The van der Waals surface area contributed by atoms with Crippen LogP contribution in [0.5, 0.6) is 0 Å². The number of hydrogen-bond donors (Lipinski definition) is 2. The Labute approximate surface area is 121 Å². The Morgan fingerprint density at radius 2 is 1.85 bits per heavy atom. The normalized spacial score (nSPS) is 12.6. The summed E-state index contributed by atoms with van der Waals surface area (Å²) in [6.45, 7) is 2.11. The number of rotatable bonds is 7. The molecule has 3 N–H and O–H groups in total. The molecule has 2 aromatic rings. The Morgan fingerprint density at radius 3 is 2.45 bits per heavy atom. The van der Waals surface area contributed by atoms with E-state index in [4.69, 9.17) is 5.84 Å². The fourth-order valence-corrected chi connectivity index (χ4v) is 2.38. The number of nitrogens with zero attached hydrogens (tertiary/aromatic N) is 2. The second-order valence-corrected chi connectivity index (χ2v) is 5.37. The topological polar surface area (TPSA) is 55.9 Å². The van der Waals surface area contributed by atoms with E-state index in [-0.39, 0.29) is 0 Å². The quantitative estimate of drug-likeness (QED) is 0.599. The van der Waals surface area contributed by atoms with Crippen molar-refractivity contribution < 1.29 is 0 Å². The van der Waals surface area contributed by atoms with Crippen molar-refractivity contribution in [2.45, 2.75) is 38.6 Å². The van der Waals surface area contributed by atoms with Gasteiger partial charge in [0.25, 0.3) is 0 Å². The zero-order valence-electron chi connectivity index (χ0n) is 12.3. The molecule has 20 heavy (non-hydrogen) atoms. The second-order valence-electron chi connectivity index (χ2n) is 5.37. The molecule has 0 aliphatic carbocycles. The van der Waals surface area contributed by atoms with Gasteiger partial charge < -0.3 is 0 Å². The molecule has 1 aromatic carbocycles. The van der Waals surface area contributed by atoms with Crippen LogP contribution in [0.25, 0.3) is 0 Å². The van der Waals surface area contributed by atoms with Gasteiger partial charge in [0.05, 0.1) is 0 Å². The molecule has 1 heterocycles. The van der Waals surface area contributed by atoms with Gasteiger partial charge in [0.15, 0.2) is 0 Å². The second kappa shape index (κ2) is 7.22. The van der Waals surface area contributed by atoms with Crippen molar-refractivity contribution in [2.24, 2.45) is 12.9 Å². The van der Waals surface area contributed by atoms with Gasteiger partial charge in [-0.05, 0) is 44.2 Å². The van der Waals surface area contributed by atoms with E-state index in [2.05, 4.69) is 47.8 Å². The molecule has 0 aliphatic heterocycles. The molecule has 0 bridgehead atoms. The highest BCUT2D eigenvalue weighted by Crippen LogP contribution is 2.11. The van der Waals surface area contributed by atoms with Gasteiger partial charge in [-0.3, -0.25) is 16.0 Å². The maximum absolute atomic E-state index is 5.67. The smallest absolute Gasteiger partial charge is 0.0492 e. The zero-order chi connectivity index (χ0) is 14.4. The highest BCUT2D eigenvalue weighted by Gasteiger charge is 2.08. The zero-order valence-corrected chi connectivity index (χ0v) is 12.3. The van der Waals surface area contributed by atoms with E-state index in [0.29, 0.717) is 6.04 Å². The average molecular weight is 272 g/mol. The fourth-order valence-electron chi connectivity index (χ4n) is 2.38. The third-order valence-electron chi connectivity index (χ3n) is 3.81. The maximum atomic E-state index is 5.67. The van der Waals surface area contributed by atoms with Gasteiger partial charge in [-0.25, -0.2) is 0 Å². The molecule has 1 atom stereocenters. The van der Waals surface area contributed by atoms with E-state index in [1.165, 1.54) is 16.8 Å². The van der Waals surface area contributed by atoms with Gasteiger partial charge in [0.1, 0.15) is 0 Å². The summed E-state index contributed by atoms with van der Waals surface area (Å²) in [6, 6.07) is 11.1. The summed E-state index contributed by atoms with van der Waals surface area (Å²) in [5.41, 5.74) is 6.86. The van der Waals surface area contributed by atoms with Crippen LogP contribution in [0.1, 0.15) is 29.7 Å². The molecule has 0 saturated carbocycles. The van der Waals surface area contributed by atoms with Gasteiger partial charge in [-0.2, -0.15) is 5.10 Å². The molecule has 0 radical (unpaired) electrons. The van der Waals surface area contributed by atoms with E-state index in [9.17, 15) is 0 Å². The highest BCUT2D eigenvalue weighted by molar-refractivity contribution is 5.21. The Hall–Kier alpha value is -1.65. The molecule has 0 fully saturated rings. The van der Waals surface area contributed by atoms with Crippen molar-refractivity contribution in [3.8, 4) is 0 Å². The lowest BCUT2D eigenvalue weighted by Gasteiger charge is -2.15. The van der Waals surface area contributed by atoms with E-state index in [1.54, 1.807) is 0 Å². The van der Waals surface area contributed by atoms with Crippen molar-refractivity contribution in [1.82, 2.24) is 15.2 Å². The van der Waals surface area contributed by atoms with Crippen LogP contribution in [-0.4, -0.2) is 15.8 Å². The number of aryl methyl sites for hydroxylation is 4. The fraction of sp³-hybridized carbons (Fsp3) is 0.438. The molecule has 4 heteroatoms. The number of hydrogen-bond acceptors (Lipinski definition) is 3. The number of aromatic nitrogens is 2. The van der Waals surface area contributed by atoms with Crippen LogP contribution < -0.4 is 11.3 Å². The lowest BCUT2D eigenvalue weighted by Crippen LogP contribution is -2.36. The molecule has 4 nitrogen and oxygen atoms in total. The molecular weight excluding hydrogens is 248 g/mol. The molecule has 0 spiro atoms. The van der Waals surface area contributed by atoms with Crippen molar-refractivity contribution in [1.29, 1.82) is 0 Å². The Balaban J connectivity index is 1.80. The van der Waals surface area contributed by atoms with Crippen LogP contribution in [0.4, 0.5) is 0 Å². The standard InChI is InChI=1S/C16H24N4/c1-13-3-5-14(6-4-13)7-8-15(19-17)9-10-16-11-12-18-20(16)2/h3-6,11-12,15,19H,7-10,17H2,1-2H3. The van der Waals surface area contributed by atoms with Crippen LogP contribution in [-0.2, 0) is 19.9 Å². The van der Waals surface area contributed by atoms with Crippen LogP contribution in [0.2, 0.25) is 0 Å². The van der Waals surface area contributed by atoms with Crippen LogP contribution in [0.3, 0.4) is 0 Å². The first-order valence-electron chi connectivity index (χ1n) is 7.17. The first kappa shape index (κ1) is 14.8. The monoisotopic (exact) mass is 272 g/mol. The Kier molecular flexibility index (Phi) is 5.32. The number of nitrogens with one attached hydrogen (secondary N) is 1. The molecule has 2 rings (SSSR count). The minimum absolute atomic E-state index is 0.339. The van der Waals surface area contributed by atoms with Gasteiger partial charge in [0.2, 0.25) is 0 Å². The molecular formula is C16H24N4. The summed E-state index contributed by atoms with van der Waals surface area (Å²) in [5.74, 6) is 5.67. The molecule has 0 aliphatic rings. The van der Waals surface area contributed by atoms with Crippen molar-refractivity contribution >= 4 is 0 Å². The van der Waals surface area contributed by atoms with Gasteiger partial charge in [-0.1, -0.05) is 29.8 Å². The van der Waals surface area contributed by atoms with Gasteiger partial charge in [0, 0.05) is 25.0 Å². The summed E-state index contributed by atoms with van der Waals surface area (Å²) in [6.07, 6.45) is 5.98. The van der Waals surface area contributed by atoms with Crippen molar-refractivity contribution in [3.05, 3.63) is 53.3 Å². The summed E-state index contributed by atoms with van der Waals surface area (Å²) in [4.78, 5) is 0. The predicted molar refractivity (Wildman–Crippen MR) is 82.1 cm³/mol. The Bertz CT molecular complexity index is 516. The summed E-state index contributed by atoms with van der Waals surface area (Å²) in [5, 5.41) is 4.19. The first-order valence-corrected chi connectivity index (χ1v) is 7.17. The summed E-state index contributed by atoms with van der Waals surface area (Å²) < 4.78 is 1.92. The van der Waals surface area contributed by atoms with E-state index < -0.39 is 0 Å². The summed E-state index contributed by atoms with van der Waals surface area (Å²) >= 11 is 0. The first-order chi connectivity index (χ1) is 9.69. The summed E-state index contributed by atoms with van der Waals surface area (Å²) in [7, 11) is 1.98. The molecule has 0 saturated heterocycles. The van der Waals surface area contributed by atoms with Gasteiger partial charge in [-0.15, -0.1) is 0 Å². The lowest BCUT2D eigenvalue weighted by atomic mass is 10.0. The number of benzene rings is 1. The average Bonchev–Trinajstić information content (AvgIpc) is 2.86. The minimum atomic E-state index is 0.339. The van der Waals surface area contributed by atoms with Crippen LogP contribution in [0, 0.1) is 6.92 Å².